The number of rotatable bonds is 6. The lowest BCUT2D eigenvalue weighted by Crippen LogP contribution is -2.30. The van der Waals surface area contributed by atoms with E-state index in [1.165, 1.54) is 26.2 Å². The molecule has 0 fully saturated rings. The van der Waals surface area contributed by atoms with Gasteiger partial charge in [-0.2, -0.15) is 0 Å². The van der Waals surface area contributed by atoms with Gasteiger partial charge in [-0.3, -0.25) is 4.79 Å². The van der Waals surface area contributed by atoms with E-state index in [2.05, 4.69) is 5.32 Å². The van der Waals surface area contributed by atoms with E-state index in [1.807, 2.05) is 19.1 Å². The number of benzene rings is 2. The van der Waals surface area contributed by atoms with Gasteiger partial charge in [0.1, 0.15) is 5.75 Å². The number of aryl methyl sites for hydroxylation is 1. The summed E-state index contributed by atoms with van der Waals surface area (Å²) in [6.07, 6.45) is -0.687. The Morgan fingerprint density at radius 3 is 2.12 bits per heavy atom. The summed E-state index contributed by atoms with van der Waals surface area (Å²) in [6.45, 7) is 3.63. The van der Waals surface area contributed by atoms with Crippen molar-refractivity contribution in [2.75, 3.05) is 19.4 Å². The van der Waals surface area contributed by atoms with Crippen molar-refractivity contribution >= 4 is 21.6 Å². The Morgan fingerprint density at radius 2 is 1.60 bits per heavy atom. The fraction of sp³-hybridized carbons (Fsp3) is 0.278. The number of amides is 1. The fourth-order valence-electron chi connectivity index (χ4n) is 2.04. The van der Waals surface area contributed by atoms with Gasteiger partial charge in [-0.1, -0.05) is 17.7 Å². The maximum Gasteiger partial charge on any atom is 0.265 e. The van der Waals surface area contributed by atoms with Crippen LogP contribution in [0.4, 0.5) is 5.69 Å². The quantitative estimate of drug-likeness (QED) is 0.857. The molecule has 1 N–H and O–H groups in total. The van der Waals surface area contributed by atoms with E-state index in [0.29, 0.717) is 11.4 Å². The molecule has 0 bridgehead atoms. The van der Waals surface area contributed by atoms with Gasteiger partial charge in [-0.25, -0.2) is 12.7 Å². The minimum atomic E-state index is -3.49. The number of hydrogen-bond acceptors (Lipinski definition) is 4. The first-order valence-electron chi connectivity index (χ1n) is 7.77. The Labute approximate surface area is 148 Å². The fourth-order valence-corrected chi connectivity index (χ4v) is 2.94. The molecule has 0 saturated heterocycles. The highest BCUT2D eigenvalue weighted by Crippen LogP contribution is 2.18. The Hall–Kier alpha value is -2.38. The zero-order valence-corrected chi connectivity index (χ0v) is 15.5. The minimum absolute atomic E-state index is 0.166. The molecule has 0 saturated carbocycles. The van der Waals surface area contributed by atoms with Crippen molar-refractivity contribution in [3.05, 3.63) is 54.1 Å². The molecule has 0 heterocycles. The van der Waals surface area contributed by atoms with Gasteiger partial charge in [0.15, 0.2) is 6.10 Å². The lowest BCUT2D eigenvalue weighted by atomic mass is 10.2. The monoisotopic (exact) mass is 362 g/mol. The topological polar surface area (TPSA) is 75.7 Å². The van der Waals surface area contributed by atoms with Gasteiger partial charge in [-0.15, -0.1) is 0 Å². The van der Waals surface area contributed by atoms with Gasteiger partial charge in [0, 0.05) is 19.8 Å². The van der Waals surface area contributed by atoms with Gasteiger partial charge in [0.25, 0.3) is 5.91 Å². The first-order chi connectivity index (χ1) is 11.7. The third-order valence-electron chi connectivity index (χ3n) is 3.60. The van der Waals surface area contributed by atoms with Crippen LogP contribution in [-0.4, -0.2) is 38.8 Å². The number of nitrogens with one attached hydrogen (secondary N) is 1. The van der Waals surface area contributed by atoms with Crippen molar-refractivity contribution in [2.45, 2.75) is 24.8 Å². The van der Waals surface area contributed by atoms with Crippen LogP contribution in [0.15, 0.2) is 53.4 Å². The van der Waals surface area contributed by atoms with E-state index in [-0.39, 0.29) is 10.8 Å². The molecule has 0 aliphatic rings. The van der Waals surface area contributed by atoms with Crippen molar-refractivity contribution < 1.29 is 17.9 Å². The van der Waals surface area contributed by atoms with E-state index < -0.39 is 16.1 Å². The maximum absolute atomic E-state index is 12.2. The minimum Gasteiger partial charge on any atom is -0.481 e. The number of nitrogens with zero attached hydrogens (tertiary/aromatic N) is 1. The van der Waals surface area contributed by atoms with E-state index in [1.54, 1.807) is 31.2 Å². The van der Waals surface area contributed by atoms with Gasteiger partial charge in [0.2, 0.25) is 10.0 Å². The molecule has 25 heavy (non-hydrogen) atoms. The van der Waals surface area contributed by atoms with E-state index in [0.717, 1.165) is 9.87 Å². The van der Waals surface area contributed by atoms with Crippen LogP contribution in [0.25, 0.3) is 0 Å². The Balaban J connectivity index is 2.01. The van der Waals surface area contributed by atoms with Crippen LogP contribution in [0.3, 0.4) is 0 Å². The summed E-state index contributed by atoms with van der Waals surface area (Å²) < 4.78 is 30.8. The SMILES string of the molecule is Cc1ccc(O[C@H](C)C(=O)Nc2ccc(S(=O)(=O)N(C)C)cc2)cc1. The molecule has 134 valence electrons. The third kappa shape index (κ3) is 4.80. The number of sulfonamides is 1. The summed E-state index contributed by atoms with van der Waals surface area (Å²) in [5.74, 6) is 0.296. The molecule has 7 heteroatoms. The van der Waals surface area contributed by atoms with Crippen LogP contribution in [-0.2, 0) is 14.8 Å². The molecular weight excluding hydrogens is 340 g/mol. The highest BCUT2D eigenvalue weighted by molar-refractivity contribution is 7.89. The summed E-state index contributed by atoms with van der Waals surface area (Å²) >= 11 is 0. The van der Waals surface area contributed by atoms with Crippen molar-refractivity contribution in [3.63, 3.8) is 0 Å². The Kier molecular flexibility index (Phi) is 5.81. The molecule has 1 atom stereocenters. The smallest absolute Gasteiger partial charge is 0.265 e. The lowest BCUT2D eigenvalue weighted by Gasteiger charge is -2.15. The molecule has 2 aromatic carbocycles. The van der Waals surface area contributed by atoms with Crippen LogP contribution >= 0.6 is 0 Å². The van der Waals surface area contributed by atoms with Gasteiger partial charge < -0.3 is 10.1 Å². The van der Waals surface area contributed by atoms with Crippen LogP contribution in [0.5, 0.6) is 5.75 Å². The number of hydrogen-bond donors (Lipinski definition) is 1. The van der Waals surface area contributed by atoms with Crippen LogP contribution in [0.1, 0.15) is 12.5 Å². The van der Waals surface area contributed by atoms with Crippen LogP contribution in [0, 0.1) is 6.92 Å². The summed E-state index contributed by atoms with van der Waals surface area (Å²) in [6, 6.07) is 13.4. The molecule has 0 radical (unpaired) electrons. The standard InChI is InChI=1S/C18H22N2O4S/c1-13-5-9-16(10-6-13)24-14(2)18(21)19-15-7-11-17(12-8-15)25(22,23)20(3)4/h5-12,14H,1-4H3,(H,19,21)/t14-/m1/s1. The Morgan fingerprint density at radius 1 is 1.04 bits per heavy atom. The predicted octanol–water partition coefficient (Wildman–Crippen LogP) is 2.65. The predicted molar refractivity (Wildman–Crippen MR) is 97.2 cm³/mol. The van der Waals surface area contributed by atoms with Crippen molar-refractivity contribution in [1.82, 2.24) is 4.31 Å². The Bertz CT molecular complexity index is 828. The van der Waals surface area contributed by atoms with Gasteiger partial charge in [0.05, 0.1) is 4.90 Å². The highest BCUT2D eigenvalue weighted by Gasteiger charge is 2.18. The molecule has 0 unspecified atom stereocenters. The van der Waals surface area contributed by atoms with Crippen molar-refractivity contribution in [1.29, 1.82) is 0 Å². The molecule has 2 rings (SSSR count). The largest absolute Gasteiger partial charge is 0.481 e. The van der Waals surface area contributed by atoms with E-state index >= 15 is 0 Å². The van der Waals surface area contributed by atoms with Gasteiger partial charge in [-0.05, 0) is 50.2 Å². The first-order valence-corrected chi connectivity index (χ1v) is 9.21. The number of carbonyl (C=O) groups is 1. The molecule has 6 nitrogen and oxygen atoms in total. The summed E-state index contributed by atoms with van der Waals surface area (Å²) in [5, 5.41) is 2.71. The summed E-state index contributed by atoms with van der Waals surface area (Å²) in [7, 11) is -0.552. The van der Waals surface area contributed by atoms with Crippen molar-refractivity contribution in [2.24, 2.45) is 0 Å². The summed E-state index contributed by atoms with van der Waals surface area (Å²) in [5.41, 5.74) is 1.61. The van der Waals surface area contributed by atoms with Crippen molar-refractivity contribution in [3.8, 4) is 5.75 Å². The zero-order chi connectivity index (χ0) is 18.6. The lowest BCUT2D eigenvalue weighted by molar-refractivity contribution is -0.122. The second-order valence-electron chi connectivity index (χ2n) is 5.87. The number of carbonyl (C=O) groups excluding carboxylic acids is 1. The summed E-state index contributed by atoms with van der Waals surface area (Å²) in [4.78, 5) is 12.4. The highest BCUT2D eigenvalue weighted by atomic mass is 32.2. The third-order valence-corrected chi connectivity index (χ3v) is 5.43. The average Bonchev–Trinajstić information content (AvgIpc) is 2.57. The normalized spacial score (nSPS) is 12.7. The van der Waals surface area contributed by atoms with E-state index in [4.69, 9.17) is 4.74 Å². The molecule has 1 amide bonds. The second-order valence-corrected chi connectivity index (χ2v) is 8.03. The second kappa shape index (κ2) is 7.67. The first kappa shape index (κ1) is 19.0. The van der Waals surface area contributed by atoms with Crippen LogP contribution in [0.2, 0.25) is 0 Å². The van der Waals surface area contributed by atoms with Crippen LogP contribution < -0.4 is 10.1 Å². The van der Waals surface area contributed by atoms with Gasteiger partial charge >= 0.3 is 0 Å². The van der Waals surface area contributed by atoms with E-state index in [9.17, 15) is 13.2 Å². The molecule has 0 aliphatic carbocycles. The number of anilines is 1. The zero-order valence-electron chi connectivity index (χ0n) is 14.7. The molecule has 0 spiro atoms. The average molecular weight is 362 g/mol. The molecule has 0 aliphatic heterocycles. The maximum atomic E-state index is 12.2. The number of ether oxygens (including phenoxy) is 1. The molecular formula is C18H22N2O4S. The molecule has 2 aromatic rings. The molecule has 0 aromatic heterocycles.